The van der Waals surface area contributed by atoms with Gasteiger partial charge in [-0.15, -0.1) is 0 Å². The lowest BCUT2D eigenvalue weighted by Crippen LogP contribution is -2.48. The molecule has 0 atom stereocenters. The van der Waals surface area contributed by atoms with Crippen LogP contribution in [0.15, 0.2) is 0 Å². The molecule has 0 saturated heterocycles. The molecule has 4 fully saturated rings. The summed E-state index contributed by atoms with van der Waals surface area (Å²) in [5.41, 5.74) is 5.36. The van der Waals surface area contributed by atoms with Crippen molar-refractivity contribution in [2.45, 2.75) is 51.4 Å². The molecule has 4 rings (SSSR count). The Bertz CT molecular complexity index is 356. The third kappa shape index (κ3) is 2.77. The van der Waals surface area contributed by atoms with Crippen molar-refractivity contribution < 1.29 is 9.59 Å². The van der Waals surface area contributed by atoms with Crippen molar-refractivity contribution >= 4 is 11.8 Å². The maximum Gasteiger partial charge on any atom is 0.220 e. The predicted molar refractivity (Wildman–Crippen MR) is 72.0 cm³/mol. The fraction of sp³-hybridized carbons (Fsp3) is 0.867. The maximum atomic E-state index is 12.0. The highest BCUT2D eigenvalue weighted by molar-refractivity contribution is 5.78. The van der Waals surface area contributed by atoms with E-state index in [4.69, 9.17) is 5.73 Å². The van der Waals surface area contributed by atoms with Gasteiger partial charge in [-0.3, -0.25) is 9.59 Å². The van der Waals surface area contributed by atoms with Gasteiger partial charge in [0.25, 0.3) is 0 Å². The zero-order valence-electron chi connectivity index (χ0n) is 11.5. The first-order valence-corrected chi connectivity index (χ1v) is 7.60. The van der Waals surface area contributed by atoms with E-state index >= 15 is 0 Å². The van der Waals surface area contributed by atoms with Gasteiger partial charge >= 0.3 is 0 Å². The quantitative estimate of drug-likeness (QED) is 0.791. The highest BCUT2D eigenvalue weighted by Gasteiger charge is 2.51. The predicted octanol–water partition coefficient (Wildman–Crippen LogP) is 1.58. The van der Waals surface area contributed by atoms with Gasteiger partial charge in [-0.1, -0.05) is 0 Å². The Morgan fingerprint density at radius 2 is 1.58 bits per heavy atom. The Morgan fingerprint density at radius 3 is 2.05 bits per heavy atom. The lowest BCUT2D eigenvalue weighted by molar-refractivity contribution is -0.129. The van der Waals surface area contributed by atoms with Crippen LogP contribution in [0.5, 0.6) is 0 Å². The van der Waals surface area contributed by atoms with E-state index in [1.807, 2.05) is 0 Å². The molecule has 4 bridgehead atoms. The highest BCUT2D eigenvalue weighted by atomic mass is 16.2. The van der Waals surface area contributed by atoms with Crippen molar-refractivity contribution in [3.63, 3.8) is 0 Å². The van der Waals surface area contributed by atoms with Gasteiger partial charge in [0, 0.05) is 19.4 Å². The Kier molecular flexibility index (Phi) is 3.27. The van der Waals surface area contributed by atoms with E-state index in [0.717, 1.165) is 17.8 Å². The minimum atomic E-state index is -0.352. The number of hydrogen-bond donors (Lipinski definition) is 2. The minimum absolute atomic E-state index is 0.114. The SMILES string of the molecule is NC(=O)CCNC(=O)CC12CC3CC(CC(C3)C1)C2. The van der Waals surface area contributed by atoms with E-state index in [1.54, 1.807) is 0 Å². The van der Waals surface area contributed by atoms with Gasteiger partial charge in [0.05, 0.1) is 0 Å². The summed E-state index contributed by atoms with van der Waals surface area (Å²) >= 11 is 0. The second kappa shape index (κ2) is 4.80. The molecular formula is C15H24N2O2. The molecule has 0 aromatic carbocycles. The van der Waals surface area contributed by atoms with Gasteiger partial charge < -0.3 is 11.1 Å². The molecule has 4 nitrogen and oxygen atoms in total. The summed E-state index contributed by atoms with van der Waals surface area (Å²) in [6.07, 6.45) is 8.88. The van der Waals surface area contributed by atoms with Gasteiger partial charge in [0.15, 0.2) is 0 Å². The van der Waals surface area contributed by atoms with Gasteiger partial charge in [-0.2, -0.15) is 0 Å². The van der Waals surface area contributed by atoms with Crippen LogP contribution in [0.1, 0.15) is 51.4 Å². The topological polar surface area (TPSA) is 72.2 Å². The number of primary amides is 1. The van der Waals surface area contributed by atoms with E-state index in [0.29, 0.717) is 13.0 Å². The Hall–Kier alpha value is -1.06. The van der Waals surface area contributed by atoms with Crippen LogP contribution >= 0.6 is 0 Å². The summed E-state index contributed by atoms with van der Waals surface area (Å²) in [5.74, 6) is 2.40. The zero-order valence-corrected chi connectivity index (χ0v) is 11.5. The second-order valence-corrected chi connectivity index (χ2v) is 7.16. The normalized spacial score (nSPS) is 39.3. The number of amides is 2. The molecular weight excluding hydrogens is 240 g/mol. The van der Waals surface area contributed by atoms with Crippen LogP contribution in [-0.2, 0) is 9.59 Å². The lowest BCUT2D eigenvalue weighted by Gasteiger charge is -2.56. The summed E-state index contributed by atoms with van der Waals surface area (Å²) in [5, 5.41) is 2.85. The van der Waals surface area contributed by atoms with Crippen LogP contribution in [0.25, 0.3) is 0 Å². The number of carbonyl (C=O) groups excluding carboxylic acids is 2. The smallest absolute Gasteiger partial charge is 0.220 e. The molecule has 4 saturated carbocycles. The van der Waals surface area contributed by atoms with E-state index in [2.05, 4.69) is 5.32 Å². The van der Waals surface area contributed by atoms with Gasteiger partial charge in [-0.25, -0.2) is 0 Å². The molecule has 3 N–H and O–H groups in total. The molecule has 0 spiro atoms. The fourth-order valence-electron chi connectivity index (χ4n) is 5.23. The Balaban J connectivity index is 1.54. The molecule has 4 aliphatic carbocycles. The Labute approximate surface area is 114 Å². The van der Waals surface area contributed by atoms with Crippen molar-refractivity contribution in [2.24, 2.45) is 28.9 Å². The summed E-state index contributed by atoms with van der Waals surface area (Å²) in [6.45, 7) is 0.389. The number of hydrogen-bond acceptors (Lipinski definition) is 2. The van der Waals surface area contributed by atoms with E-state index in [9.17, 15) is 9.59 Å². The second-order valence-electron chi connectivity index (χ2n) is 7.16. The lowest BCUT2D eigenvalue weighted by atomic mass is 9.49. The summed E-state index contributed by atoms with van der Waals surface area (Å²) in [7, 11) is 0. The monoisotopic (exact) mass is 264 g/mol. The number of nitrogens with one attached hydrogen (secondary N) is 1. The first-order chi connectivity index (χ1) is 9.05. The third-order valence-electron chi connectivity index (χ3n) is 5.39. The van der Waals surface area contributed by atoms with Crippen LogP contribution in [0.2, 0.25) is 0 Å². The molecule has 19 heavy (non-hydrogen) atoms. The van der Waals surface area contributed by atoms with Crippen LogP contribution in [0.4, 0.5) is 0 Å². The van der Waals surface area contributed by atoms with Crippen LogP contribution < -0.4 is 11.1 Å². The summed E-state index contributed by atoms with van der Waals surface area (Å²) in [4.78, 5) is 22.7. The summed E-state index contributed by atoms with van der Waals surface area (Å²) in [6, 6.07) is 0. The number of nitrogens with two attached hydrogens (primary N) is 1. The fourth-order valence-corrected chi connectivity index (χ4v) is 5.23. The van der Waals surface area contributed by atoms with Crippen molar-refractivity contribution in [1.29, 1.82) is 0 Å². The molecule has 0 radical (unpaired) electrons. The highest BCUT2D eigenvalue weighted by Crippen LogP contribution is 2.61. The molecule has 0 heterocycles. The molecule has 4 aliphatic rings. The maximum absolute atomic E-state index is 12.0. The first-order valence-electron chi connectivity index (χ1n) is 7.60. The van der Waals surface area contributed by atoms with Gasteiger partial charge in [0.2, 0.25) is 11.8 Å². The molecule has 4 heteroatoms. The average Bonchev–Trinajstić information content (AvgIpc) is 2.25. The minimum Gasteiger partial charge on any atom is -0.370 e. The molecule has 0 aromatic heterocycles. The number of carbonyl (C=O) groups is 2. The van der Waals surface area contributed by atoms with E-state index in [-0.39, 0.29) is 23.7 Å². The molecule has 0 unspecified atom stereocenters. The van der Waals surface area contributed by atoms with Crippen LogP contribution in [-0.4, -0.2) is 18.4 Å². The standard InChI is InChI=1S/C15H24N2O2/c16-13(18)1-2-17-14(19)9-15-6-10-3-11(7-15)5-12(4-10)8-15/h10-12H,1-9H2,(H2,16,18)(H,17,19). The molecule has 0 aliphatic heterocycles. The molecule has 106 valence electrons. The van der Waals surface area contributed by atoms with Crippen LogP contribution in [0, 0.1) is 23.2 Å². The van der Waals surface area contributed by atoms with Crippen molar-refractivity contribution in [3.8, 4) is 0 Å². The van der Waals surface area contributed by atoms with Crippen LogP contribution in [0.3, 0.4) is 0 Å². The van der Waals surface area contributed by atoms with Gasteiger partial charge in [-0.05, 0) is 61.7 Å². The molecule has 2 amide bonds. The van der Waals surface area contributed by atoms with Crippen molar-refractivity contribution in [1.82, 2.24) is 5.32 Å². The average molecular weight is 264 g/mol. The zero-order chi connectivity index (χ0) is 13.5. The Morgan fingerprint density at radius 1 is 1.05 bits per heavy atom. The molecule has 0 aromatic rings. The summed E-state index contributed by atoms with van der Waals surface area (Å²) < 4.78 is 0. The van der Waals surface area contributed by atoms with Crippen molar-refractivity contribution in [3.05, 3.63) is 0 Å². The van der Waals surface area contributed by atoms with E-state index in [1.165, 1.54) is 38.5 Å². The first kappa shape index (κ1) is 12.9. The number of rotatable bonds is 5. The third-order valence-corrected chi connectivity index (χ3v) is 5.39. The van der Waals surface area contributed by atoms with Gasteiger partial charge in [0.1, 0.15) is 0 Å². The van der Waals surface area contributed by atoms with E-state index < -0.39 is 0 Å². The largest absolute Gasteiger partial charge is 0.370 e. The van der Waals surface area contributed by atoms with Crippen molar-refractivity contribution in [2.75, 3.05) is 6.54 Å².